The maximum absolute atomic E-state index is 12.0. The molecule has 0 aromatic rings. The van der Waals surface area contributed by atoms with Gasteiger partial charge in [-0.3, -0.25) is 4.79 Å². The number of nitrogens with one attached hydrogen (secondary N) is 2. The Balaban J connectivity index is 2.27. The molecular weight excluding hydrogens is 214 g/mol. The van der Waals surface area contributed by atoms with E-state index in [0.717, 1.165) is 25.8 Å². The number of carbonyl (C=O) groups excluding carboxylic acids is 1. The number of piperidine rings is 1. The van der Waals surface area contributed by atoms with E-state index in [9.17, 15) is 4.79 Å². The molecule has 3 unspecified atom stereocenters. The van der Waals surface area contributed by atoms with Gasteiger partial charge in [-0.1, -0.05) is 0 Å². The lowest BCUT2D eigenvalue weighted by Gasteiger charge is -2.29. The Morgan fingerprint density at radius 3 is 2.76 bits per heavy atom. The highest BCUT2D eigenvalue weighted by Crippen LogP contribution is 2.12. The highest BCUT2D eigenvalue weighted by molar-refractivity contribution is 5.82. The first-order valence-electron chi connectivity index (χ1n) is 6.70. The average Bonchev–Trinajstić information content (AvgIpc) is 2.26. The molecule has 1 fully saturated rings. The van der Waals surface area contributed by atoms with E-state index in [1.54, 1.807) is 0 Å². The van der Waals surface area contributed by atoms with Crippen molar-refractivity contribution in [2.24, 2.45) is 0 Å². The molecule has 0 aromatic carbocycles. The molecule has 17 heavy (non-hydrogen) atoms. The molecule has 0 bridgehead atoms. The summed E-state index contributed by atoms with van der Waals surface area (Å²) in [5.74, 6) is 0.169. The first-order valence-corrected chi connectivity index (χ1v) is 6.70. The first-order chi connectivity index (χ1) is 7.99. The zero-order valence-electron chi connectivity index (χ0n) is 11.6. The predicted octanol–water partition coefficient (Wildman–Crippen LogP) is 0.973. The van der Waals surface area contributed by atoms with Crippen molar-refractivity contribution < 1.29 is 4.79 Å². The Morgan fingerprint density at radius 1 is 1.47 bits per heavy atom. The molecule has 4 nitrogen and oxygen atoms in total. The van der Waals surface area contributed by atoms with Gasteiger partial charge in [-0.2, -0.15) is 0 Å². The van der Waals surface area contributed by atoms with E-state index in [1.165, 1.54) is 6.42 Å². The summed E-state index contributed by atoms with van der Waals surface area (Å²) in [7, 11) is 4.11. The van der Waals surface area contributed by atoms with E-state index < -0.39 is 0 Å². The third kappa shape index (κ3) is 5.50. The number of carbonyl (C=O) groups is 1. The zero-order chi connectivity index (χ0) is 12.8. The lowest BCUT2D eigenvalue weighted by molar-refractivity contribution is -0.124. The third-order valence-corrected chi connectivity index (χ3v) is 3.33. The van der Waals surface area contributed by atoms with Crippen LogP contribution in [-0.2, 0) is 4.79 Å². The summed E-state index contributed by atoms with van der Waals surface area (Å²) in [5.41, 5.74) is 0. The van der Waals surface area contributed by atoms with Crippen molar-refractivity contribution in [1.82, 2.24) is 15.5 Å². The molecule has 1 saturated heterocycles. The Labute approximate surface area is 105 Å². The molecule has 0 radical (unpaired) electrons. The van der Waals surface area contributed by atoms with Crippen molar-refractivity contribution in [3.05, 3.63) is 0 Å². The van der Waals surface area contributed by atoms with Gasteiger partial charge >= 0.3 is 0 Å². The van der Waals surface area contributed by atoms with Crippen molar-refractivity contribution in [2.45, 2.75) is 57.7 Å². The number of rotatable bonds is 5. The van der Waals surface area contributed by atoms with Crippen LogP contribution in [0.25, 0.3) is 0 Å². The number of nitrogens with zero attached hydrogens (tertiary/aromatic N) is 1. The van der Waals surface area contributed by atoms with Crippen molar-refractivity contribution in [2.75, 3.05) is 20.6 Å². The van der Waals surface area contributed by atoms with Gasteiger partial charge in [0, 0.05) is 12.1 Å². The number of hydrogen-bond donors (Lipinski definition) is 2. The minimum Gasteiger partial charge on any atom is -0.352 e. The predicted molar refractivity (Wildman–Crippen MR) is 71.0 cm³/mol. The Morgan fingerprint density at radius 2 is 2.18 bits per heavy atom. The average molecular weight is 241 g/mol. The van der Waals surface area contributed by atoms with Crippen LogP contribution in [0.3, 0.4) is 0 Å². The summed E-state index contributed by atoms with van der Waals surface area (Å²) >= 11 is 0. The molecule has 2 N–H and O–H groups in total. The molecule has 1 aliphatic heterocycles. The molecule has 100 valence electrons. The third-order valence-electron chi connectivity index (χ3n) is 3.33. The second-order valence-corrected chi connectivity index (χ2v) is 5.55. The van der Waals surface area contributed by atoms with Crippen molar-refractivity contribution in [1.29, 1.82) is 0 Å². The summed E-state index contributed by atoms with van der Waals surface area (Å²) in [6.07, 6.45) is 4.30. The van der Waals surface area contributed by atoms with Gasteiger partial charge in [-0.05, 0) is 60.2 Å². The van der Waals surface area contributed by atoms with Crippen LogP contribution in [-0.4, -0.2) is 49.6 Å². The molecule has 1 heterocycles. The molecule has 0 spiro atoms. The van der Waals surface area contributed by atoms with Gasteiger partial charge in [-0.15, -0.1) is 0 Å². The lowest BCUT2D eigenvalue weighted by Crippen LogP contribution is -2.52. The second-order valence-electron chi connectivity index (χ2n) is 5.55. The van der Waals surface area contributed by atoms with Crippen LogP contribution >= 0.6 is 0 Å². The standard InChI is InChI=1S/C13H27N3O/c1-10-6-5-7-12(14-10)13(17)15-11(2)8-9-16(3)4/h10-12,14H,5-9H2,1-4H3,(H,15,17). The van der Waals surface area contributed by atoms with E-state index in [-0.39, 0.29) is 18.0 Å². The highest BCUT2D eigenvalue weighted by atomic mass is 16.2. The van der Waals surface area contributed by atoms with Gasteiger partial charge in [0.25, 0.3) is 0 Å². The quantitative estimate of drug-likeness (QED) is 0.754. The Bertz CT molecular complexity index is 243. The second kappa shape index (κ2) is 6.97. The fraction of sp³-hybridized carbons (Fsp3) is 0.923. The lowest BCUT2D eigenvalue weighted by atomic mass is 9.99. The van der Waals surface area contributed by atoms with Crippen LogP contribution in [0.2, 0.25) is 0 Å². The van der Waals surface area contributed by atoms with Crippen LogP contribution in [0.4, 0.5) is 0 Å². The van der Waals surface area contributed by atoms with Crippen LogP contribution in [0.15, 0.2) is 0 Å². The van der Waals surface area contributed by atoms with Crippen molar-refractivity contribution >= 4 is 5.91 Å². The topological polar surface area (TPSA) is 44.4 Å². The molecule has 0 saturated carbocycles. The number of hydrogen-bond acceptors (Lipinski definition) is 3. The molecule has 1 rings (SSSR count). The van der Waals surface area contributed by atoms with Gasteiger partial charge in [0.1, 0.15) is 0 Å². The fourth-order valence-electron chi connectivity index (χ4n) is 2.21. The molecule has 0 aliphatic carbocycles. The fourth-order valence-corrected chi connectivity index (χ4v) is 2.21. The maximum atomic E-state index is 12.0. The van der Waals surface area contributed by atoms with E-state index in [2.05, 4.69) is 43.5 Å². The minimum absolute atomic E-state index is 0.0144. The van der Waals surface area contributed by atoms with Crippen LogP contribution in [0.5, 0.6) is 0 Å². The van der Waals surface area contributed by atoms with Crippen molar-refractivity contribution in [3.8, 4) is 0 Å². The Kier molecular flexibility index (Phi) is 5.92. The maximum Gasteiger partial charge on any atom is 0.237 e. The molecule has 1 aliphatic rings. The molecule has 0 aromatic heterocycles. The van der Waals surface area contributed by atoms with Gasteiger partial charge in [0.05, 0.1) is 6.04 Å². The molecule has 3 atom stereocenters. The van der Waals surface area contributed by atoms with Crippen LogP contribution < -0.4 is 10.6 Å². The van der Waals surface area contributed by atoms with Gasteiger partial charge in [0.15, 0.2) is 0 Å². The summed E-state index contributed by atoms with van der Waals surface area (Å²) in [6.45, 7) is 5.23. The summed E-state index contributed by atoms with van der Waals surface area (Å²) in [5, 5.41) is 6.46. The van der Waals surface area contributed by atoms with Crippen LogP contribution in [0.1, 0.15) is 39.5 Å². The van der Waals surface area contributed by atoms with Gasteiger partial charge < -0.3 is 15.5 Å². The van der Waals surface area contributed by atoms with Crippen molar-refractivity contribution in [3.63, 3.8) is 0 Å². The SMILES string of the molecule is CC(CCN(C)C)NC(=O)C1CCCC(C)N1. The van der Waals surface area contributed by atoms with E-state index >= 15 is 0 Å². The molecule has 4 heteroatoms. The summed E-state index contributed by atoms with van der Waals surface area (Å²) in [6, 6.07) is 0.737. The monoisotopic (exact) mass is 241 g/mol. The molecular formula is C13H27N3O. The zero-order valence-corrected chi connectivity index (χ0v) is 11.6. The largest absolute Gasteiger partial charge is 0.352 e. The normalized spacial score (nSPS) is 26.9. The summed E-state index contributed by atoms with van der Waals surface area (Å²) < 4.78 is 0. The van der Waals surface area contributed by atoms with E-state index in [1.807, 2.05) is 0 Å². The summed E-state index contributed by atoms with van der Waals surface area (Å²) in [4.78, 5) is 14.2. The van der Waals surface area contributed by atoms with Gasteiger partial charge in [0.2, 0.25) is 5.91 Å². The van der Waals surface area contributed by atoms with E-state index in [0.29, 0.717) is 6.04 Å². The van der Waals surface area contributed by atoms with E-state index in [4.69, 9.17) is 0 Å². The minimum atomic E-state index is 0.0144. The Hall–Kier alpha value is -0.610. The molecule has 1 amide bonds. The smallest absolute Gasteiger partial charge is 0.237 e. The number of amides is 1. The first kappa shape index (κ1) is 14.5. The highest BCUT2D eigenvalue weighted by Gasteiger charge is 2.24. The van der Waals surface area contributed by atoms with Gasteiger partial charge in [-0.25, -0.2) is 0 Å². The van der Waals surface area contributed by atoms with Crippen LogP contribution in [0, 0.1) is 0 Å².